The maximum Gasteiger partial charge on any atom is 0.416 e. The van der Waals surface area contributed by atoms with Gasteiger partial charge in [-0.25, -0.2) is 4.79 Å². The first-order valence-electron chi connectivity index (χ1n) is 7.58. The number of carbonyl (C=O) groups excluding carboxylic acids is 2. The molecule has 1 heterocycles. The van der Waals surface area contributed by atoms with Crippen molar-refractivity contribution in [1.29, 1.82) is 0 Å². The molecule has 2 rings (SSSR count). The number of nitrogens with one attached hydrogen (secondary N) is 1. The van der Waals surface area contributed by atoms with Gasteiger partial charge in [-0.2, -0.15) is 13.2 Å². The fraction of sp³-hybridized carbons (Fsp3) is 0.500. The number of rotatable bonds is 3. The minimum atomic E-state index is -4.33. The molecule has 5 nitrogen and oxygen atoms in total. The number of halogens is 3. The fourth-order valence-corrected chi connectivity index (χ4v) is 2.74. The third-order valence-corrected chi connectivity index (χ3v) is 4.13. The average Bonchev–Trinajstić information content (AvgIpc) is 2.58. The number of hydrogen-bond donors (Lipinski definition) is 1. The second-order valence-corrected chi connectivity index (χ2v) is 5.62. The molecule has 1 aromatic rings. The molecule has 8 heteroatoms. The zero-order chi connectivity index (χ0) is 17.7. The van der Waals surface area contributed by atoms with Gasteiger partial charge in [0.25, 0.3) is 0 Å². The van der Waals surface area contributed by atoms with E-state index in [0.29, 0.717) is 25.9 Å². The van der Waals surface area contributed by atoms with E-state index < -0.39 is 17.8 Å². The first-order valence-corrected chi connectivity index (χ1v) is 7.58. The van der Waals surface area contributed by atoms with Crippen LogP contribution in [0.1, 0.15) is 29.9 Å². The molecule has 1 aliphatic heterocycles. The first kappa shape index (κ1) is 18.1. The molecular formula is C16H19F3N2O3. The summed E-state index contributed by atoms with van der Waals surface area (Å²) in [5.74, 6) is -0.0730. The lowest BCUT2D eigenvalue weighted by molar-refractivity contribution is -0.137. The average molecular weight is 344 g/mol. The smallest absolute Gasteiger partial charge is 0.416 e. The maximum atomic E-state index is 12.6. The molecule has 0 aromatic heterocycles. The Kier molecular flexibility index (Phi) is 5.69. The zero-order valence-corrected chi connectivity index (χ0v) is 13.2. The molecule has 2 amide bonds. The number of benzene rings is 1. The molecule has 1 saturated heterocycles. The second kappa shape index (κ2) is 7.55. The fourth-order valence-electron chi connectivity index (χ4n) is 2.74. The van der Waals surface area contributed by atoms with Crippen LogP contribution in [0.4, 0.5) is 18.0 Å². The Hall–Kier alpha value is -2.25. The van der Waals surface area contributed by atoms with Crippen LogP contribution in [-0.4, -0.2) is 43.6 Å². The van der Waals surface area contributed by atoms with Crippen molar-refractivity contribution in [2.45, 2.75) is 24.9 Å². The van der Waals surface area contributed by atoms with Gasteiger partial charge in [-0.15, -0.1) is 0 Å². The number of methoxy groups -OCH3 is 1. The van der Waals surface area contributed by atoms with E-state index in [1.54, 1.807) is 4.90 Å². The van der Waals surface area contributed by atoms with Crippen LogP contribution in [0.3, 0.4) is 0 Å². The monoisotopic (exact) mass is 344 g/mol. The van der Waals surface area contributed by atoms with Crippen LogP contribution in [0, 0.1) is 0 Å². The topological polar surface area (TPSA) is 58.6 Å². The summed E-state index contributed by atoms with van der Waals surface area (Å²) in [4.78, 5) is 24.5. The van der Waals surface area contributed by atoms with E-state index in [1.165, 1.54) is 19.2 Å². The number of amides is 2. The van der Waals surface area contributed by atoms with E-state index in [9.17, 15) is 22.8 Å². The van der Waals surface area contributed by atoms with Crippen molar-refractivity contribution >= 4 is 12.0 Å². The van der Waals surface area contributed by atoms with Gasteiger partial charge in [0.1, 0.15) is 6.54 Å². The van der Waals surface area contributed by atoms with Crippen molar-refractivity contribution in [1.82, 2.24) is 10.2 Å². The standard InChI is InChI=1S/C16H19F3N2O3/c1-24-15(23)20-10-14(22)21-8-6-12(7-9-21)11-2-4-13(5-3-11)16(17,18)19/h2-5,12H,6-10H2,1H3,(H,20,23). The van der Waals surface area contributed by atoms with Crippen molar-refractivity contribution < 1.29 is 27.5 Å². The summed E-state index contributed by atoms with van der Waals surface area (Å²) in [6.07, 6.45) is -3.64. The number of nitrogens with zero attached hydrogens (tertiary/aromatic N) is 1. The van der Waals surface area contributed by atoms with E-state index in [0.717, 1.165) is 17.7 Å². The largest absolute Gasteiger partial charge is 0.453 e. The van der Waals surface area contributed by atoms with Gasteiger partial charge < -0.3 is 15.0 Å². The Morgan fingerprint density at radius 3 is 2.29 bits per heavy atom. The zero-order valence-electron chi connectivity index (χ0n) is 13.2. The number of alkyl carbamates (subject to hydrolysis) is 1. The highest BCUT2D eigenvalue weighted by atomic mass is 19.4. The van der Waals surface area contributed by atoms with Gasteiger partial charge in [0, 0.05) is 13.1 Å². The number of hydrogen-bond acceptors (Lipinski definition) is 3. The van der Waals surface area contributed by atoms with E-state index in [-0.39, 0.29) is 18.4 Å². The van der Waals surface area contributed by atoms with Crippen molar-refractivity contribution in [3.8, 4) is 0 Å². The summed E-state index contributed by atoms with van der Waals surface area (Å²) in [5, 5.41) is 2.33. The summed E-state index contributed by atoms with van der Waals surface area (Å²) < 4.78 is 42.1. The van der Waals surface area contributed by atoms with Gasteiger partial charge in [0.05, 0.1) is 12.7 Å². The lowest BCUT2D eigenvalue weighted by Crippen LogP contribution is -2.43. The van der Waals surface area contributed by atoms with Gasteiger partial charge in [0.2, 0.25) is 5.91 Å². The molecule has 1 aliphatic rings. The molecule has 0 radical (unpaired) electrons. The van der Waals surface area contributed by atoms with E-state index >= 15 is 0 Å². The summed E-state index contributed by atoms with van der Waals surface area (Å²) in [7, 11) is 1.22. The van der Waals surface area contributed by atoms with E-state index in [2.05, 4.69) is 10.1 Å². The van der Waals surface area contributed by atoms with Gasteiger partial charge >= 0.3 is 12.3 Å². The molecule has 1 aromatic carbocycles. The van der Waals surface area contributed by atoms with Crippen LogP contribution in [-0.2, 0) is 15.7 Å². The number of ether oxygens (including phenoxy) is 1. The summed E-state index contributed by atoms with van der Waals surface area (Å²) >= 11 is 0. The van der Waals surface area contributed by atoms with Crippen molar-refractivity contribution in [3.05, 3.63) is 35.4 Å². The van der Waals surface area contributed by atoms with Crippen molar-refractivity contribution in [3.63, 3.8) is 0 Å². The van der Waals surface area contributed by atoms with Crippen LogP contribution in [0.5, 0.6) is 0 Å². The molecule has 132 valence electrons. The molecule has 0 spiro atoms. The van der Waals surface area contributed by atoms with Crippen LogP contribution in [0.2, 0.25) is 0 Å². The first-order chi connectivity index (χ1) is 11.3. The predicted molar refractivity (Wildman–Crippen MR) is 80.4 cm³/mol. The second-order valence-electron chi connectivity index (χ2n) is 5.62. The van der Waals surface area contributed by atoms with Crippen LogP contribution >= 0.6 is 0 Å². The lowest BCUT2D eigenvalue weighted by Gasteiger charge is -2.32. The van der Waals surface area contributed by atoms with Crippen LogP contribution in [0.15, 0.2) is 24.3 Å². The van der Waals surface area contributed by atoms with Gasteiger partial charge in [-0.1, -0.05) is 12.1 Å². The highest BCUT2D eigenvalue weighted by Crippen LogP contribution is 2.32. The van der Waals surface area contributed by atoms with Gasteiger partial charge in [-0.3, -0.25) is 4.79 Å². The highest BCUT2D eigenvalue weighted by molar-refractivity contribution is 5.82. The molecule has 0 atom stereocenters. The Morgan fingerprint density at radius 2 is 1.79 bits per heavy atom. The molecule has 0 saturated carbocycles. The summed E-state index contributed by atoms with van der Waals surface area (Å²) in [5.41, 5.74) is 0.190. The molecular weight excluding hydrogens is 325 g/mol. The Bertz CT molecular complexity index is 579. The molecule has 24 heavy (non-hydrogen) atoms. The number of alkyl halides is 3. The Morgan fingerprint density at radius 1 is 1.21 bits per heavy atom. The number of likely N-dealkylation sites (tertiary alicyclic amines) is 1. The normalized spacial score (nSPS) is 15.9. The number of piperidine rings is 1. The third-order valence-electron chi connectivity index (χ3n) is 4.13. The Labute approximate surface area is 137 Å². The molecule has 0 aliphatic carbocycles. The third kappa shape index (κ3) is 4.62. The maximum absolute atomic E-state index is 12.6. The van der Waals surface area contributed by atoms with Crippen LogP contribution < -0.4 is 5.32 Å². The van der Waals surface area contributed by atoms with E-state index in [1.807, 2.05) is 0 Å². The van der Waals surface area contributed by atoms with Gasteiger partial charge in [0.15, 0.2) is 0 Å². The number of carbonyl (C=O) groups is 2. The van der Waals surface area contributed by atoms with Crippen molar-refractivity contribution in [2.75, 3.05) is 26.7 Å². The quantitative estimate of drug-likeness (QED) is 0.917. The summed E-state index contributed by atoms with van der Waals surface area (Å²) in [6.45, 7) is 0.887. The Balaban J connectivity index is 1.86. The minimum absolute atomic E-state index is 0.127. The predicted octanol–water partition coefficient (Wildman–Crippen LogP) is 2.77. The van der Waals surface area contributed by atoms with Crippen molar-refractivity contribution in [2.24, 2.45) is 0 Å². The molecule has 0 unspecified atom stereocenters. The van der Waals surface area contributed by atoms with Crippen LogP contribution in [0.25, 0.3) is 0 Å². The highest BCUT2D eigenvalue weighted by Gasteiger charge is 2.30. The molecule has 0 bridgehead atoms. The molecule has 1 fully saturated rings. The SMILES string of the molecule is COC(=O)NCC(=O)N1CCC(c2ccc(C(F)(F)F)cc2)CC1. The van der Waals surface area contributed by atoms with E-state index in [4.69, 9.17) is 0 Å². The summed E-state index contributed by atoms with van der Waals surface area (Å²) in [6, 6.07) is 5.19. The minimum Gasteiger partial charge on any atom is -0.453 e. The lowest BCUT2D eigenvalue weighted by atomic mass is 9.89. The van der Waals surface area contributed by atoms with Gasteiger partial charge in [-0.05, 0) is 36.5 Å². The molecule has 1 N–H and O–H groups in total.